The second-order valence-corrected chi connectivity index (χ2v) is 5.29. The van der Waals surface area contributed by atoms with E-state index >= 15 is 0 Å². The highest BCUT2D eigenvalue weighted by molar-refractivity contribution is 5.83. The van der Waals surface area contributed by atoms with Crippen LogP contribution in [0.4, 0.5) is 4.79 Å². The van der Waals surface area contributed by atoms with E-state index in [0.29, 0.717) is 19.6 Å². The molecule has 6 nitrogen and oxygen atoms in total. The normalized spacial score (nSPS) is 20.6. The number of piperidine rings is 1. The van der Waals surface area contributed by atoms with Gasteiger partial charge in [-0.25, -0.2) is 9.59 Å². The molecule has 1 heterocycles. The predicted molar refractivity (Wildman–Crippen MR) is 66.5 cm³/mol. The summed E-state index contributed by atoms with van der Waals surface area (Å²) < 4.78 is 5.02. The van der Waals surface area contributed by atoms with Crippen LogP contribution in [-0.2, 0) is 9.53 Å². The first-order chi connectivity index (χ1) is 8.37. The molecule has 0 saturated carbocycles. The Bertz CT molecular complexity index is 317. The lowest BCUT2D eigenvalue weighted by Gasteiger charge is -2.36. The molecule has 0 aromatic heterocycles. The standard InChI is InChI=1S/C12H22N2O4/c1-12(2,8-18-3)13-11(17)14-7-5-4-6-9(14)10(15)16/h9H,4-8H2,1-3H3,(H,13,17)(H,15,16). The number of aliphatic carboxylic acids is 1. The Balaban J connectivity index is 2.66. The van der Waals surface area contributed by atoms with Crippen LogP contribution in [0, 0.1) is 0 Å². The number of methoxy groups -OCH3 is 1. The molecular weight excluding hydrogens is 236 g/mol. The van der Waals surface area contributed by atoms with E-state index in [2.05, 4.69) is 5.32 Å². The van der Waals surface area contributed by atoms with Crippen molar-refractivity contribution in [3.8, 4) is 0 Å². The summed E-state index contributed by atoms with van der Waals surface area (Å²) in [5.74, 6) is -0.936. The fourth-order valence-corrected chi connectivity index (χ4v) is 2.19. The molecular formula is C12H22N2O4. The molecule has 0 aliphatic carbocycles. The highest BCUT2D eigenvalue weighted by atomic mass is 16.5. The summed E-state index contributed by atoms with van der Waals surface area (Å²) in [5.41, 5.74) is -0.508. The second kappa shape index (κ2) is 6.04. The lowest BCUT2D eigenvalue weighted by Crippen LogP contribution is -2.57. The van der Waals surface area contributed by atoms with Gasteiger partial charge in [0.2, 0.25) is 0 Å². The number of hydrogen-bond acceptors (Lipinski definition) is 3. The third-order valence-electron chi connectivity index (χ3n) is 3.00. The SMILES string of the molecule is COCC(C)(C)NC(=O)N1CCCCC1C(=O)O. The minimum Gasteiger partial charge on any atom is -0.480 e. The van der Waals surface area contributed by atoms with E-state index in [1.165, 1.54) is 4.90 Å². The molecule has 0 aromatic rings. The summed E-state index contributed by atoms with van der Waals surface area (Å²) >= 11 is 0. The molecule has 2 amide bonds. The van der Waals surface area contributed by atoms with E-state index in [1.54, 1.807) is 7.11 Å². The Morgan fingerprint density at radius 1 is 1.44 bits per heavy atom. The summed E-state index contributed by atoms with van der Waals surface area (Å²) in [5, 5.41) is 11.9. The number of carboxylic acids is 1. The smallest absolute Gasteiger partial charge is 0.326 e. The lowest BCUT2D eigenvalue weighted by atomic mass is 10.0. The van der Waals surface area contributed by atoms with Crippen LogP contribution in [0.25, 0.3) is 0 Å². The molecule has 18 heavy (non-hydrogen) atoms. The fourth-order valence-electron chi connectivity index (χ4n) is 2.19. The van der Waals surface area contributed by atoms with E-state index in [9.17, 15) is 9.59 Å². The number of nitrogens with one attached hydrogen (secondary N) is 1. The molecule has 1 rings (SSSR count). The van der Waals surface area contributed by atoms with Gasteiger partial charge in [-0.15, -0.1) is 0 Å². The first-order valence-electron chi connectivity index (χ1n) is 6.18. The fraction of sp³-hybridized carbons (Fsp3) is 0.833. The summed E-state index contributed by atoms with van der Waals surface area (Å²) in [6.07, 6.45) is 2.22. The second-order valence-electron chi connectivity index (χ2n) is 5.29. The molecule has 0 aromatic carbocycles. The zero-order valence-corrected chi connectivity index (χ0v) is 11.2. The van der Waals surface area contributed by atoms with Crippen molar-refractivity contribution in [2.75, 3.05) is 20.3 Å². The van der Waals surface area contributed by atoms with Gasteiger partial charge in [0, 0.05) is 13.7 Å². The highest BCUT2D eigenvalue weighted by Crippen LogP contribution is 2.18. The molecule has 2 N–H and O–H groups in total. The van der Waals surface area contributed by atoms with Crippen molar-refractivity contribution >= 4 is 12.0 Å². The zero-order valence-electron chi connectivity index (χ0n) is 11.2. The quantitative estimate of drug-likeness (QED) is 0.790. The molecule has 0 bridgehead atoms. The maximum atomic E-state index is 12.1. The van der Waals surface area contributed by atoms with E-state index in [0.717, 1.165) is 12.8 Å². The van der Waals surface area contributed by atoms with Crippen LogP contribution in [0.15, 0.2) is 0 Å². The number of rotatable bonds is 4. The maximum Gasteiger partial charge on any atom is 0.326 e. The lowest BCUT2D eigenvalue weighted by molar-refractivity contribution is -0.143. The topological polar surface area (TPSA) is 78.9 Å². The van der Waals surface area contributed by atoms with E-state index in [1.807, 2.05) is 13.8 Å². The molecule has 6 heteroatoms. The molecule has 1 aliphatic rings. The third-order valence-corrected chi connectivity index (χ3v) is 3.00. The van der Waals surface area contributed by atoms with Crippen LogP contribution in [0.5, 0.6) is 0 Å². The maximum absolute atomic E-state index is 12.1. The number of ether oxygens (including phenoxy) is 1. The number of amides is 2. The van der Waals surface area contributed by atoms with Gasteiger partial charge in [0.15, 0.2) is 0 Å². The number of carboxylic acid groups (broad SMARTS) is 1. The van der Waals surface area contributed by atoms with Crippen LogP contribution in [0.1, 0.15) is 33.1 Å². The Morgan fingerprint density at radius 2 is 2.11 bits per heavy atom. The third kappa shape index (κ3) is 3.87. The van der Waals surface area contributed by atoms with Crippen molar-refractivity contribution in [1.29, 1.82) is 0 Å². The predicted octanol–water partition coefficient (Wildman–Crippen LogP) is 1.06. The van der Waals surface area contributed by atoms with Crippen LogP contribution in [0.2, 0.25) is 0 Å². The Kier molecular flexibility index (Phi) is 4.95. The van der Waals surface area contributed by atoms with Gasteiger partial charge in [0.05, 0.1) is 12.1 Å². The van der Waals surface area contributed by atoms with Gasteiger partial charge < -0.3 is 20.1 Å². The number of carbonyl (C=O) groups excluding carboxylic acids is 1. The molecule has 1 unspecified atom stereocenters. The minimum absolute atomic E-state index is 0.329. The van der Waals surface area contributed by atoms with Crippen molar-refractivity contribution in [2.24, 2.45) is 0 Å². The number of carbonyl (C=O) groups is 2. The molecule has 0 radical (unpaired) electrons. The molecule has 1 atom stereocenters. The number of hydrogen-bond donors (Lipinski definition) is 2. The van der Waals surface area contributed by atoms with Crippen molar-refractivity contribution in [3.63, 3.8) is 0 Å². The average Bonchev–Trinajstić information content (AvgIpc) is 2.28. The summed E-state index contributed by atoms with van der Waals surface area (Å²) in [4.78, 5) is 24.6. The largest absolute Gasteiger partial charge is 0.480 e. The molecule has 1 saturated heterocycles. The van der Waals surface area contributed by atoms with Gasteiger partial charge in [-0.05, 0) is 33.1 Å². The van der Waals surface area contributed by atoms with Crippen molar-refractivity contribution in [2.45, 2.75) is 44.7 Å². The van der Waals surface area contributed by atoms with Gasteiger partial charge in [0.1, 0.15) is 6.04 Å². The number of nitrogens with zero attached hydrogens (tertiary/aromatic N) is 1. The van der Waals surface area contributed by atoms with Crippen LogP contribution in [0.3, 0.4) is 0 Å². The van der Waals surface area contributed by atoms with E-state index in [-0.39, 0.29) is 6.03 Å². The first-order valence-corrected chi connectivity index (χ1v) is 6.18. The first kappa shape index (κ1) is 14.8. The molecule has 0 spiro atoms. The van der Waals surface area contributed by atoms with Crippen molar-refractivity contribution in [1.82, 2.24) is 10.2 Å². The monoisotopic (exact) mass is 258 g/mol. The average molecular weight is 258 g/mol. The number of likely N-dealkylation sites (tertiary alicyclic amines) is 1. The highest BCUT2D eigenvalue weighted by Gasteiger charge is 2.34. The summed E-state index contributed by atoms with van der Waals surface area (Å²) in [6, 6.07) is -1.04. The van der Waals surface area contributed by atoms with Crippen LogP contribution in [-0.4, -0.2) is 53.8 Å². The Morgan fingerprint density at radius 3 is 2.67 bits per heavy atom. The Hall–Kier alpha value is -1.30. The summed E-state index contributed by atoms with van der Waals surface area (Å²) in [7, 11) is 1.56. The molecule has 104 valence electrons. The zero-order chi connectivity index (χ0) is 13.8. The van der Waals surface area contributed by atoms with Gasteiger partial charge in [-0.2, -0.15) is 0 Å². The summed E-state index contributed by atoms with van der Waals surface area (Å²) in [6.45, 7) is 4.55. The van der Waals surface area contributed by atoms with Gasteiger partial charge in [-0.1, -0.05) is 0 Å². The van der Waals surface area contributed by atoms with Gasteiger partial charge >= 0.3 is 12.0 Å². The van der Waals surface area contributed by atoms with E-state index in [4.69, 9.17) is 9.84 Å². The van der Waals surface area contributed by atoms with E-state index < -0.39 is 17.6 Å². The van der Waals surface area contributed by atoms with Gasteiger partial charge in [0.25, 0.3) is 0 Å². The van der Waals surface area contributed by atoms with Crippen LogP contribution >= 0.6 is 0 Å². The van der Waals surface area contributed by atoms with Crippen LogP contribution < -0.4 is 5.32 Å². The molecule has 1 fully saturated rings. The van der Waals surface area contributed by atoms with Crippen molar-refractivity contribution < 1.29 is 19.4 Å². The van der Waals surface area contributed by atoms with Crippen molar-refractivity contribution in [3.05, 3.63) is 0 Å². The van der Waals surface area contributed by atoms with Gasteiger partial charge in [-0.3, -0.25) is 0 Å². The Labute approximate surface area is 107 Å². The number of urea groups is 1. The molecule has 1 aliphatic heterocycles. The minimum atomic E-state index is -0.936.